The summed E-state index contributed by atoms with van der Waals surface area (Å²) in [5.41, 5.74) is 4.89. The lowest BCUT2D eigenvalue weighted by Crippen LogP contribution is -2.07. The van der Waals surface area contributed by atoms with Gasteiger partial charge in [-0.3, -0.25) is 0 Å². The van der Waals surface area contributed by atoms with Gasteiger partial charge in [0.2, 0.25) is 0 Å². The van der Waals surface area contributed by atoms with Crippen LogP contribution in [0.5, 0.6) is 0 Å². The summed E-state index contributed by atoms with van der Waals surface area (Å²) in [6, 6.07) is 12.2. The molecule has 4 rings (SSSR count). The predicted octanol–water partition coefficient (Wildman–Crippen LogP) is 3.83. The Morgan fingerprint density at radius 2 is 1.85 bits per heavy atom. The summed E-state index contributed by atoms with van der Waals surface area (Å²) in [5, 5.41) is 8.66. The van der Waals surface area contributed by atoms with E-state index in [-0.39, 0.29) is 0 Å². The SMILES string of the molecule is CSc1ncc(CNc2cc(-c3ccccc3)nc3c(C)cnn23)cn1. The predicted molar refractivity (Wildman–Crippen MR) is 104 cm³/mol. The van der Waals surface area contributed by atoms with Crippen molar-refractivity contribution < 1.29 is 0 Å². The third kappa shape index (κ3) is 3.25. The van der Waals surface area contributed by atoms with E-state index in [9.17, 15) is 0 Å². The van der Waals surface area contributed by atoms with Gasteiger partial charge in [-0.15, -0.1) is 0 Å². The number of hydrogen-bond acceptors (Lipinski definition) is 6. The van der Waals surface area contributed by atoms with Crippen LogP contribution in [-0.2, 0) is 6.54 Å². The molecule has 1 aromatic carbocycles. The molecule has 0 unspecified atom stereocenters. The second kappa shape index (κ2) is 7.13. The molecule has 0 aliphatic carbocycles. The summed E-state index contributed by atoms with van der Waals surface area (Å²) in [7, 11) is 0. The molecular weight excluding hydrogens is 344 g/mol. The van der Waals surface area contributed by atoms with E-state index in [2.05, 4.69) is 32.5 Å². The Morgan fingerprint density at radius 1 is 1.08 bits per heavy atom. The van der Waals surface area contributed by atoms with Crippen LogP contribution >= 0.6 is 11.8 Å². The number of nitrogens with zero attached hydrogens (tertiary/aromatic N) is 5. The van der Waals surface area contributed by atoms with E-state index in [0.717, 1.165) is 39.0 Å². The van der Waals surface area contributed by atoms with Crippen molar-refractivity contribution in [2.75, 3.05) is 11.6 Å². The monoisotopic (exact) mass is 362 g/mol. The van der Waals surface area contributed by atoms with Crippen LogP contribution in [0.4, 0.5) is 5.82 Å². The van der Waals surface area contributed by atoms with E-state index in [1.807, 2.05) is 60.6 Å². The van der Waals surface area contributed by atoms with Crippen molar-refractivity contribution in [1.82, 2.24) is 24.6 Å². The van der Waals surface area contributed by atoms with E-state index in [4.69, 9.17) is 4.98 Å². The van der Waals surface area contributed by atoms with Crippen LogP contribution in [0.1, 0.15) is 11.1 Å². The number of fused-ring (bicyclic) bond motifs is 1. The van der Waals surface area contributed by atoms with Crippen molar-refractivity contribution in [2.24, 2.45) is 0 Å². The van der Waals surface area contributed by atoms with Crippen molar-refractivity contribution in [3.63, 3.8) is 0 Å². The highest BCUT2D eigenvalue weighted by atomic mass is 32.2. The lowest BCUT2D eigenvalue weighted by Gasteiger charge is -2.11. The Morgan fingerprint density at radius 3 is 2.58 bits per heavy atom. The summed E-state index contributed by atoms with van der Waals surface area (Å²) in [6.45, 7) is 2.63. The highest BCUT2D eigenvalue weighted by Gasteiger charge is 2.10. The molecule has 0 radical (unpaired) electrons. The Hall–Kier alpha value is -2.93. The number of aromatic nitrogens is 5. The van der Waals surface area contributed by atoms with E-state index in [1.54, 1.807) is 0 Å². The first kappa shape index (κ1) is 16.5. The van der Waals surface area contributed by atoms with Gasteiger partial charge in [-0.2, -0.15) is 9.61 Å². The number of aryl methyl sites for hydroxylation is 1. The van der Waals surface area contributed by atoms with Crippen LogP contribution in [0.2, 0.25) is 0 Å². The molecular formula is C19H18N6S. The van der Waals surface area contributed by atoms with Crippen LogP contribution < -0.4 is 5.32 Å². The van der Waals surface area contributed by atoms with Crippen molar-refractivity contribution in [3.05, 3.63) is 66.1 Å². The van der Waals surface area contributed by atoms with Crippen LogP contribution in [0.15, 0.2) is 60.1 Å². The summed E-state index contributed by atoms with van der Waals surface area (Å²) in [4.78, 5) is 13.4. The van der Waals surface area contributed by atoms with Gasteiger partial charge in [0, 0.05) is 41.7 Å². The lowest BCUT2D eigenvalue weighted by atomic mass is 10.1. The molecule has 0 aliphatic heterocycles. The minimum absolute atomic E-state index is 0.612. The smallest absolute Gasteiger partial charge is 0.187 e. The van der Waals surface area contributed by atoms with Gasteiger partial charge in [0.1, 0.15) is 5.82 Å². The molecule has 3 heterocycles. The first-order valence-electron chi connectivity index (χ1n) is 8.24. The lowest BCUT2D eigenvalue weighted by molar-refractivity contribution is 0.903. The largest absolute Gasteiger partial charge is 0.366 e. The Balaban J connectivity index is 1.68. The molecule has 0 fully saturated rings. The van der Waals surface area contributed by atoms with Crippen LogP contribution in [0.25, 0.3) is 16.9 Å². The molecule has 6 nitrogen and oxygen atoms in total. The van der Waals surface area contributed by atoms with Gasteiger partial charge in [0.25, 0.3) is 0 Å². The minimum Gasteiger partial charge on any atom is -0.366 e. The quantitative estimate of drug-likeness (QED) is 0.430. The maximum absolute atomic E-state index is 4.78. The summed E-state index contributed by atoms with van der Waals surface area (Å²) >= 11 is 1.53. The summed E-state index contributed by atoms with van der Waals surface area (Å²) in [5.74, 6) is 0.885. The molecule has 0 amide bonds. The highest BCUT2D eigenvalue weighted by Crippen LogP contribution is 2.23. The fraction of sp³-hybridized carbons (Fsp3) is 0.158. The van der Waals surface area contributed by atoms with Crippen molar-refractivity contribution in [3.8, 4) is 11.3 Å². The zero-order valence-corrected chi connectivity index (χ0v) is 15.4. The topological polar surface area (TPSA) is 68.0 Å². The molecule has 0 saturated heterocycles. The van der Waals surface area contributed by atoms with Crippen LogP contribution in [0.3, 0.4) is 0 Å². The van der Waals surface area contributed by atoms with E-state index >= 15 is 0 Å². The van der Waals surface area contributed by atoms with E-state index in [0.29, 0.717) is 6.54 Å². The fourth-order valence-electron chi connectivity index (χ4n) is 2.69. The molecule has 0 spiro atoms. The Labute approximate surface area is 155 Å². The van der Waals surface area contributed by atoms with Gasteiger partial charge in [0.15, 0.2) is 10.8 Å². The number of hydrogen-bond donors (Lipinski definition) is 1. The maximum Gasteiger partial charge on any atom is 0.187 e. The molecule has 130 valence electrons. The van der Waals surface area contributed by atoms with E-state index < -0.39 is 0 Å². The highest BCUT2D eigenvalue weighted by molar-refractivity contribution is 7.98. The zero-order chi connectivity index (χ0) is 17.9. The first-order chi connectivity index (χ1) is 12.7. The molecule has 0 bridgehead atoms. The third-order valence-corrected chi connectivity index (χ3v) is 4.63. The Bertz CT molecular complexity index is 1030. The van der Waals surface area contributed by atoms with Crippen molar-refractivity contribution in [2.45, 2.75) is 18.6 Å². The normalized spacial score (nSPS) is 11.0. The van der Waals surface area contributed by atoms with Gasteiger partial charge >= 0.3 is 0 Å². The number of rotatable bonds is 5. The third-order valence-electron chi connectivity index (χ3n) is 4.06. The van der Waals surface area contributed by atoms with Gasteiger partial charge in [-0.05, 0) is 13.2 Å². The molecule has 3 aromatic heterocycles. The van der Waals surface area contributed by atoms with Gasteiger partial charge < -0.3 is 5.32 Å². The molecule has 0 atom stereocenters. The van der Waals surface area contributed by atoms with Crippen molar-refractivity contribution in [1.29, 1.82) is 0 Å². The number of nitrogens with one attached hydrogen (secondary N) is 1. The maximum atomic E-state index is 4.78. The molecule has 4 aromatic rings. The molecule has 26 heavy (non-hydrogen) atoms. The Kier molecular flexibility index (Phi) is 4.53. The van der Waals surface area contributed by atoms with Gasteiger partial charge in [-0.25, -0.2) is 15.0 Å². The average Bonchev–Trinajstić information content (AvgIpc) is 3.08. The van der Waals surface area contributed by atoms with Crippen molar-refractivity contribution >= 4 is 23.2 Å². The second-order valence-corrected chi connectivity index (χ2v) is 6.66. The average molecular weight is 362 g/mol. The molecule has 1 N–H and O–H groups in total. The molecule has 7 heteroatoms. The number of benzene rings is 1. The summed E-state index contributed by atoms with van der Waals surface area (Å²) < 4.78 is 1.83. The van der Waals surface area contributed by atoms with Gasteiger partial charge in [-0.1, -0.05) is 42.1 Å². The standard InChI is InChI=1S/C19H18N6S/c1-13-9-23-25-17(20-10-14-11-21-19(26-2)22-12-14)8-16(24-18(13)25)15-6-4-3-5-7-15/h3-9,11-12,20H,10H2,1-2H3. The number of anilines is 1. The van der Waals surface area contributed by atoms with Crippen LogP contribution in [0, 0.1) is 6.92 Å². The molecule has 0 saturated carbocycles. The van der Waals surface area contributed by atoms with E-state index in [1.165, 1.54) is 11.8 Å². The number of thioether (sulfide) groups is 1. The first-order valence-corrected chi connectivity index (χ1v) is 9.46. The van der Waals surface area contributed by atoms with Crippen LogP contribution in [-0.4, -0.2) is 30.8 Å². The zero-order valence-electron chi connectivity index (χ0n) is 14.5. The minimum atomic E-state index is 0.612. The fourth-order valence-corrected chi connectivity index (χ4v) is 3.00. The summed E-state index contributed by atoms with van der Waals surface area (Å²) in [6.07, 6.45) is 7.48. The van der Waals surface area contributed by atoms with Gasteiger partial charge in [0.05, 0.1) is 11.9 Å². The molecule has 0 aliphatic rings. The second-order valence-electron chi connectivity index (χ2n) is 5.89.